The average Bonchev–Trinajstić information content (AvgIpc) is 2.37. The van der Waals surface area contributed by atoms with E-state index in [1.54, 1.807) is 12.1 Å². The van der Waals surface area contributed by atoms with Crippen LogP contribution in [0.25, 0.3) is 0 Å². The third-order valence-corrected chi connectivity index (χ3v) is 2.78. The van der Waals surface area contributed by atoms with Crippen LogP contribution in [0.1, 0.15) is 37.6 Å². The fraction of sp³-hybridized carbons (Fsp3) is 0.400. The van der Waals surface area contributed by atoms with E-state index in [1.807, 2.05) is 13.8 Å². The summed E-state index contributed by atoms with van der Waals surface area (Å²) in [7, 11) is 0. The maximum absolute atomic E-state index is 12.0. The summed E-state index contributed by atoms with van der Waals surface area (Å²) >= 11 is 0. The smallest absolute Gasteiger partial charge is 0.326 e. The van der Waals surface area contributed by atoms with Crippen LogP contribution in [0.3, 0.4) is 0 Å². The van der Waals surface area contributed by atoms with E-state index < -0.39 is 17.9 Å². The van der Waals surface area contributed by atoms with Crippen LogP contribution in [0.5, 0.6) is 0 Å². The number of amides is 2. The van der Waals surface area contributed by atoms with Crippen molar-refractivity contribution in [3.05, 3.63) is 29.8 Å². The Hall–Kier alpha value is -2.37. The molecule has 0 bridgehead atoms. The molecule has 0 heterocycles. The molecule has 0 saturated heterocycles. The maximum atomic E-state index is 12.0. The number of carboxylic acid groups (broad SMARTS) is 1. The number of nitrogens with one attached hydrogen (secondary N) is 2. The van der Waals surface area contributed by atoms with E-state index in [-0.39, 0.29) is 11.8 Å². The molecular weight excluding hydrogens is 272 g/mol. The predicted octanol–water partition coefficient (Wildman–Crippen LogP) is 1.87. The Morgan fingerprint density at radius 2 is 1.71 bits per heavy atom. The molecule has 0 aliphatic carbocycles. The monoisotopic (exact) mass is 292 g/mol. The lowest BCUT2D eigenvalue weighted by atomic mass is 10.0. The number of aliphatic carboxylic acids is 1. The van der Waals surface area contributed by atoms with E-state index in [0.717, 1.165) is 0 Å². The number of carboxylic acids is 1. The highest BCUT2D eigenvalue weighted by molar-refractivity contribution is 5.97. The molecule has 6 nitrogen and oxygen atoms in total. The van der Waals surface area contributed by atoms with Gasteiger partial charge in [-0.3, -0.25) is 9.59 Å². The van der Waals surface area contributed by atoms with Gasteiger partial charge in [0.25, 0.3) is 5.91 Å². The molecule has 0 aliphatic rings. The fourth-order valence-electron chi connectivity index (χ4n) is 1.84. The van der Waals surface area contributed by atoms with Crippen LogP contribution in [0.2, 0.25) is 0 Å². The van der Waals surface area contributed by atoms with Gasteiger partial charge in [0.2, 0.25) is 5.91 Å². The lowest BCUT2D eigenvalue weighted by Gasteiger charge is -2.16. The average molecular weight is 292 g/mol. The Balaban J connectivity index is 2.73. The molecule has 114 valence electrons. The Bertz CT molecular complexity index is 523. The largest absolute Gasteiger partial charge is 0.480 e. The number of hydrogen-bond donors (Lipinski definition) is 3. The van der Waals surface area contributed by atoms with Crippen molar-refractivity contribution in [3.63, 3.8) is 0 Å². The molecule has 3 N–H and O–H groups in total. The lowest BCUT2D eigenvalue weighted by Crippen LogP contribution is -2.41. The van der Waals surface area contributed by atoms with Crippen molar-refractivity contribution in [1.29, 1.82) is 0 Å². The van der Waals surface area contributed by atoms with Crippen LogP contribution in [-0.4, -0.2) is 28.9 Å². The zero-order valence-electron chi connectivity index (χ0n) is 12.3. The Morgan fingerprint density at radius 3 is 2.14 bits per heavy atom. The fourth-order valence-corrected chi connectivity index (χ4v) is 1.84. The summed E-state index contributed by atoms with van der Waals surface area (Å²) in [4.78, 5) is 34.0. The van der Waals surface area contributed by atoms with Crippen LogP contribution >= 0.6 is 0 Å². The molecule has 2 amide bonds. The summed E-state index contributed by atoms with van der Waals surface area (Å²) in [6, 6.07) is 5.35. The summed E-state index contributed by atoms with van der Waals surface area (Å²) in [6.07, 6.45) is 0.366. The number of carbonyl (C=O) groups excluding carboxylic acids is 2. The van der Waals surface area contributed by atoms with Gasteiger partial charge < -0.3 is 15.7 Å². The van der Waals surface area contributed by atoms with E-state index in [0.29, 0.717) is 17.7 Å². The zero-order chi connectivity index (χ0) is 16.0. The van der Waals surface area contributed by atoms with Crippen LogP contribution in [0, 0.1) is 5.92 Å². The van der Waals surface area contributed by atoms with Crippen molar-refractivity contribution in [2.75, 3.05) is 5.32 Å². The quantitative estimate of drug-likeness (QED) is 0.746. The molecule has 0 fully saturated rings. The minimum absolute atomic E-state index is 0.161. The lowest BCUT2D eigenvalue weighted by molar-refractivity contribution is -0.139. The highest BCUT2D eigenvalue weighted by atomic mass is 16.4. The first-order valence-corrected chi connectivity index (χ1v) is 6.71. The molecule has 6 heteroatoms. The normalized spacial score (nSPS) is 11.8. The maximum Gasteiger partial charge on any atom is 0.326 e. The second-order valence-corrected chi connectivity index (χ2v) is 5.25. The molecule has 0 unspecified atom stereocenters. The van der Waals surface area contributed by atoms with Crippen LogP contribution in [0.15, 0.2) is 24.3 Å². The van der Waals surface area contributed by atoms with Gasteiger partial charge in [0.1, 0.15) is 6.04 Å². The van der Waals surface area contributed by atoms with Crippen molar-refractivity contribution in [3.8, 4) is 0 Å². The topological polar surface area (TPSA) is 95.5 Å². The van der Waals surface area contributed by atoms with E-state index >= 15 is 0 Å². The van der Waals surface area contributed by atoms with Crippen LogP contribution in [0.4, 0.5) is 5.69 Å². The van der Waals surface area contributed by atoms with Crippen LogP contribution < -0.4 is 10.6 Å². The Kier molecular flexibility index (Phi) is 5.90. The van der Waals surface area contributed by atoms with Crippen LogP contribution in [-0.2, 0) is 9.59 Å². The van der Waals surface area contributed by atoms with Gasteiger partial charge in [-0.2, -0.15) is 0 Å². The van der Waals surface area contributed by atoms with Gasteiger partial charge in [0, 0.05) is 18.2 Å². The molecule has 0 radical (unpaired) electrons. The van der Waals surface area contributed by atoms with Crippen molar-refractivity contribution in [2.45, 2.75) is 33.2 Å². The summed E-state index contributed by atoms with van der Waals surface area (Å²) < 4.78 is 0. The first-order valence-electron chi connectivity index (χ1n) is 6.71. The third-order valence-electron chi connectivity index (χ3n) is 2.78. The first kappa shape index (κ1) is 16.7. The highest BCUT2D eigenvalue weighted by Gasteiger charge is 2.21. The third kappa shape index (κ3) is 5.64. The molecule has 1 aromatic rings. The minimum Gasteiger partial charge on any atom is -0.480 e. The zero-order valence-corrected chi connectivity index (χ0v) is 12.3. The van der Waals surface area contributed by atoms with E-state index in [4.69, 9.17) is 5.11 Å². The molecule has 1 rings (SSSR count). The molecule has 0 saturated carbocycles. The second kappa shape index (κ2) is 7.42. The molecule has 1 atom stereocenters. The number of rotatable bonds is 6. The molecule has 0 aromatic heterocycles. The van der Waals surface area contributed by atoms with Gasteiger partial charge in [0.15, 0.2) is 0 Å². The second-order valence-electron chi connectivity index (χ2n) is 5.25. The molecular formula is C15H20N2O4. The van der Waals surface area contributed by atoms with Gasteiger partial charge in [-0.05, 0) is 36.6 Å². The van der Waals surface area contributed by atoms with E-state index in [1.165, 1.54) is 19.1 Å². The first-order chi connectivity index (χ1) is 9.79. The highest BCUT2D eigenvalue weighted by Crippen LogP contribution is 2.11. The summed E-state index contributed by atoms with van der Waals surface area (Å²) in [6.45, 7) is 5.18. The van der Waals surface area contributed by atoms with Crippen molar-refractivity contribution >= 4 is 23.5 Å². The number of anilines is 1. The Morgan fingerprint density at radius 1 is 1.14 bits per heavy atom. The van der Waals surface area contributed by atoms with Gasteiger partial charge in [-0.15, -0.1) is 0 Å². The van der Waals surface area contributed by atoms with Crippen molar-refractivity contribution < 1.29 is 19.5 Å². The molecule has 0 spiro atoms. The summed E-state index contributed by atoms with van der Waals surface area (Å²) in [5.41, 5.74) is 0.926. The predicted molar refractivity (Wildman–Crippen MR) is 79.1 cm³/mol. The molecule has 1 aromatic carbocycles. The number of carbonyl (C=O) groups is 3. The van der Waals surface area contributed by atoms with E-state index in [2.05, 4.69) is 10.6 Å². The van der Waals surface area contributed by atoms with E-state index in [9.17, 15) is 14.4 Å². The summed E-state index contributed by atoms with van der Waals surface area (Å²) in [5, 5.41) is 14.2. The number of benzene rings is 1. The van der Waals surface area contributed by atoms with Crippen molar-refractivity contribution in [2.24, 2.45) is 5.92 Å². The van der Waals surface area contributed by atoms with Gasteiger partial charge >= 0.3 is 5.97 Å². The summed E-state index contributed by atoms with van der Waals surface area (Å²) in [5.74, 6) is -1.53. The Labute approximate surface area is 123 Å². The molecule has 0 aliphatic heterocycles. The standard InChI is InChI=1S/C15H20N2O4/c1-9(2)8-13(15(20)21)17-14(19)11-4-6-12(7-5-11)16-10(3)18/h4-7,9,13H,8H2,1-3H3,(H,16,18)(H,17,19)(H,20,21)/t13-/m1/s1. The SMILES string of the molecule is CC(=O)Nc1ccc(C(=O)N[C@H](CC(C)C)C(=O)O)cc1. The molecule has 21 heavy (non-hydrogen) atoms. The van der Waals surface area contributed by atoms with Gasteiger partial charge in [-0.25, -0.2) is 4.79 Å². The minimum atomic E-state index is -1.05. The number of hydrogen-bond acceptors (Lipinski definition) is 3. The van der Waals surface area contributed by atoms with Crippen molar-refractivity contribution in [1.82, 2.24) is 5.32 Å². The van der Waals surface area contributed by atoms with Gasteiger partial charge in [0.05, 0.1) is 0 Å². The van der Waals surface area contributed by atoms with Gasteiger partial charge in [-0.1, -0.05) is 13.8 Å².